The lowest BCUT2D eigenvalue weighted by Gasteiger charge is -2.10. The Kier molecular flexibility index (Phi) is 3.81. The average Bonchev–Trinajstić information content (AvgIpc) is 2.33. The Morgan fingerprint density at radius 1 is 1.26 bits per heavy atom. The molecule has 1 aromatic heterocycles. The minimum absolute atomic E-state index is 0.158. The van der Waals surface area contributed by atoms with E-state index in [4.69, 9.17) is 11.6 Å². The summed E-state index contributed by atoms with van der Waals surface area (Å²) in [7, 11) is 0. The van der Waals surface area contributed by atoms with Gasteiger partial charge in [0, 0.05) is 11.8 Å². The summed E-state index contributed by atoms with van der Waals surface area (Å²) in [5.74, 6) is 0. The standard InChI is InChI=1S/C14H13ClN2O2/c1-9-3-5-11(6-4-9)17-10(2)7-13(18)12(16-17)8-14(15)19/h3-7H,8H2,1-2H3. The van der Waals surface area contributed by atoms with Crippen molar-refractivity contribution in [1.29, 1.82) is 0 Å². The first-order valence-electron chi connectivity index (χ1n) is 5.82. The lowest BCUT2D eigenvalue weighted by molar-refractivity contribution is -0.111. The van der Waals surface area contributed by atoms with Gasteiger partial charge < -0.3 is 0 Å². The third-order valence-electron chi connectivity index (χ3n) is 2.76. The monoisotopic (exact) mass is 276 g/mol. The second-order valence-corrected chi connectivity index (χ2v) is 4.80. The van der Waals surface area contributed by atoms with Crippen molar-refractivity contribution in [2.75, 3.05) is 0 Å². The number of nitrogens with zero attached hydrogens (tertiary/aromatic N) is 2. The van der Waals surface area contributed by atoms with Gasteiger partial charge in [-0.1, -0.05) is 17.7 Å². The average molecular weight is 277 g/mol. The van der Waals surface area contributed by atoms with Crippen molar-refractivity contribution >= 4 is 16.8 Å². The molecule has 0 saturated carbocycles. The predicted molar refractivity (Wildman–Crippen MR) is 73.9 cm³/mol. The van der Waals surface area contributed by atoms with Crippen LogP contribution in [0, 0.1) is 13.8 Å². The van der Waals surface area contributed by atoms with E-state index >= 15 is 0 Å². The summed E-state index contributed by atoms with van der Waals surface area (Å²) in [5.41, 5.74) is 2.57. The van der Waals surface area contributed by atoms with Crippen LogP contribution in [0.25, 0.3) is 5.69 Å². The number of aromatic nitrogens is 2. The van der Waals surface area contributed by atoms with E-state index in [0.29, 0.717) is 5.69 Å². The smallest absolute Gasteiger partial charge is 0.227 e. The van der Waals surface area contributed by atoms with Crippen LogP contribution in [0.1, 0.15) is 17.0 Å². The summed E-state index contributed by atoms with van der Waals surface area (Å²) >= 11 is 5.32. The van der Waals surface area contributed by atoms with Gasteiger partial charge in [-0.3, -0.25) is 9.59 Å². The zero-order chi connectivity index (χ0) is 14.0. The van der Waals surface area contributed by atoms with Crippen LogP contribution < -0.4 is 5.43 Å². The molecule has 5 heteroatoms. The highest BCUT2D eigenvalue weighted by atomic mass is 35.5. The Hall–Kier alpha value is -1.94. The number of benzene rings is 1. The Morgan fingerprint density at radius 2 is 1.89 bits per heavy atom. The molecular weight excluding hydrogens is 264 g/mol. The summed E-state index contributed by atoms with van der Waals surface area (Å²) < 4.78 is 1.63. The molecule has 0 unspecified atom stereocenters. The van der Waals surface area contributed by atoms with Crippen LogP contribution in [0.2, 0.25) is 0 Å². The highest BCUT2D eigenvalue weighted by Gasteiger charge is 2.10. The van der Waals surface area contributed by atoms with Gasteiger partial charge in [-0.15, -0.1) is 0 Å². The lowest BCUT2D eigenvalue weighted by Crippen LogP contribution is -2.20. The number of rotatable bonds is 3. The molecule has 1 heterocycles. The van der Waals surface area contributed by atoms with Crippen LogP contribution >= 0.6 is 11.6 Å². The normalized spacial score (nSPS) is 10.5. The molecule has 0 atom stereocenters. The number of hydrogen-bond acceptors (Lipinski definition) is 3. The van der Waals surface area contributed by atoms with Gasteiger partial charge in [-0.2, -0.15) is 5.10 Å². The van der Waals surface area contributed by atoms with Crippen LogP contribution in [0.4, 0.5) is 0 Å². The van der Waals surface area contributed by atoms with Crippen LogP contribution in [0.3, 0.4) is 0 Å². The third-order valence-corrected chi connectivity index (χ3v) is 2.90. The molecule has 0 fully saturated rings. The number of hydrogen-bond donors (Lipinski definition) is 0. The van der Waals surface area contributed by atoms with Crippen molar-refractivity contribution in [2.45, 2.75) is 20.3 Å². The van der Waals surface area contributed by atoms with Crippen molar-refractivity contribution in [1.82, 2.24) is 9.78 Å². The van der Waals surface area contributed by atoms with Crippen molar-refractivity contribution in [3.63, 3.8) is 0 Å². The zero-order valence-electron chi connectivity index (χ0n) is 10.7. The number of carbonyl (C=O) groups is 1. The first-order chi connectivity index (χ1) is 8.97. The third kappa shape index (κ3) is 3.09. The molecule has 19 heavy (non-hydrogen) atoms. The van der Waals surface area contributed by atoms with Gasteiger partial charge in [0.1, 0.15) is 5.69 Å². The maximum absolute atomic E-state index is 11.7. The van der Waals surface area contributed by atoms with E-state index in [9.17, 15) is 9.59 Å². The highest BCUT2D eigenvalue weighted by Crippen LogP contribution is 2.10. The molecule has 98 valence electrons. The van der Waals surface area contributed by atoms with Crippen molar-refractivity contribution in [3.8, 4) is 5.69 Å². The molecule has 2 aromatic rings. The summed E-state index contributed by atoms with van der Waals surface area (Å²) in [6.07, 6.45) is -0.160. The van der Waals surface area contributed by atoms with E-state index in [1.54, 1.807) is 11.6 Å². The van der Waals surface area contributed by atoms with E-state index in [0.717, 1.165) is 11.3 Å². The molecule has 0 N–H and O–H groups in total. The molecule has 0 aliphatic heterocycles. The molecule has 1 aromatic carbocycles. The fourth-order valence-electron chi connectivity index (χ4n) is 1.78. The van der Waals surface area contributed by atoms with Gasteiger partial charge >= 0.3 is 0 Å². The highest BCUT2D eigenvalue weighted by molar-refractivity contribution is 6.63. The lowest BCUT2D eigenvalue weighted by atomic mass is 10.2. The van der Waals surface area contributed by atoms with Gasteiger partial charge in [0.2, 0.25) is 10.7 Å². The van der Waals surface area contributed by atoms with Gasteiger partial charge in [0.15, 0.2) is 0 Å². The second-order valence-electron chi connectivity index (χ2n) is 4.38. The largest absolute Gasteiger partial charge is 0.288 e. The first kappa shape index (κ1) is 13.5. The fourth-order valence-corrected chi connectivity index (χ4v) is 1.91. The summed E-state index contributed by atoms with van der Waals surface area (Å²) in [6, 6.07) is 9.20. The fraction of sp³-hybridized carbons (Fsp3) is 0.214. The Balaban J connectivity index is 2.54. The molecule has 0 amide bonds. The van der Waals surface area contributed by atoms with Crippen LogP contribution in [-0.4, -0.2) is 15.0 Å². The first-order valence-corrected chi connectivity index (χ1v) is 6.20. The molecular formula is C14H13ClN2O2. The van der Waals surface area contributed by atoms with Crippen LogP contribution in [-0.2, 0) is 11.2 Å². The van der Waals surface area contributed by atoms with Crippen LogP contribution in [0.15, 0.2) is 35.1 Å². The van der Waals surface area contributed by atoms with Crippen molar-refractivity contribution in [2.24, 2.45) is 0 Å². The molecule has 2 rings (SSSR count). The van der Waals surface area contributed by atoms with E-state index in [-0.39, 0.29) is 17.5 Å². The maximum Gasteiger partial charge on any atom is 0.227 e. The molecule has 0 aliphatic carbocycles. The number of aryl methyl sites for hydroxylation is 2. The molecule has 0 saturated heterocycles. The molecule has 0 radical (unpaired) electrons. The van der Waals surface area contributed by atoms with Gasteiger partial charge in [-0.25, -0.2) is 4.68 Å². The maximum atomic E-state index is 11.7. The number of halogens is 1. The topological polar surface area (TPSA) is 52.0 Å². The predicted octanol–water partition coefficient (Wildman–Crippen LogP) is 2.16. The molecule has 4 nitrogen and oxygen atoms in total. The SMILES string of the molecule is Cc1ccc(-n2nc(CC(=O)Cl)c(=O)cc2C)cc1. The summed E-state index contributed by atoms with van der Waals surface area (Å²) in [6.45, 7) is 3.79. The minimum atomic E-state index is -0.594. The van der Waals surface area contributed by atoms with Gasteiger partial charge in [-0.05, 0) is 37.6 Å². The second kappa shape index (κ2) is 5.36. The summed E-state index contributed by atoms with van der Waals surface area (Å²) in [4.78, 5) is 22.6. The quantitative estimate of drug-likeness (QED) is 0.807. The van der Waals surface area contributed by atoms with Crippen molar-refractivity contribution in [3.05, 3.63) is 57.5 Å². The Morgan fingerprint density at radius 3 is 2.47 bits per heavy atom. The van der Waals surface area contributed by atoms with E-state index in [1.165, 1.54) is 6.07 Å². The molecule has 0 spiro atoms. The van der Waals surface area contributed by atoms with Gasteiger partial charge in [0.25, 0.3) is 0 Å². The van der Waals surface area contributed by atoms with E-state index < -0.39 is 5.24 Å². The summed E-state index contributed by atoms with van der Waals surface area (Å²) in [5, 5.41) is 3.62. The van der Waals surface area contributed by atoms with Crippen molar-refractivity contribution < 1.29 is 4.79 Å². The van der Waals surface area contributed by atoms with Gasteiger partial charge in [0.05, 0.1) is 12.1 Å². The minimum Gasteiger partial charge on any atom is -0.288 e. The van der Waals surface area contributed by atoms with E-state index in [1.807, 2.05) is 31.2 Å². The Labute approximate surface area is 115 Å². The van der Waals surface area contributed by atoms with Crippen LogP contribution in [0.5, 0.6) is 0 Å². The molecule has 0 aliphatic rings. The van der Waals surface area contributed by atoms with E-state index in [2.05, 4.69) is 5.10 Å². The Bertz CT molecular complexity index is 675. The zero-order valence-corrected chi connectivity index (χ0v) is 11.4. The molecule has 0 bridgehead atoms. The number of carbonyl (C=O) groups excluding carboxylic acids is 1.